The normalized spacial score (nSPS) is 10.6. The molecule has 0 spiro atoms. The average molecular weight is 265 g/mol. The highest BCUT2D eigenvalue weighted by molar-refractivity contribution is 5.93. The summed E-state index contributed by atoms with van der Waals surface area (Å²) in [5, 5.41) is 2.06. The number of primary amides is 1. The molecule has 1 aromatic carbocycles. The molecule has 5 heteroatoms. The van der Waals surface area contributed by atoms with E-state index >= 15 is 0 Å². The summed E-state index contributed by atoms with van der Waals surface area (Å²) in [7, 11) is 0. The van der Waals surface area contributed by atoms with Crippen molar-refractivity contribution >= 4 is 16.7 Å². The lowest BCUT2D eigenvalue weighted by Crippen LogP contribution is -2.23. The molecular formula is C15H11N3O2. The Morgan fingerprint density at radius 1 is 1.15 bits per heavy atom. The second-order valence-corrected chi connectivity index (χ2v) is 4.41. The molecule has 3 aromatic rings. The number of H-pyrrole nitrogens is 1. The Kier molecular flexibility index (Phi) is 2.80. The van der Waals surface area contributed by atoms with Crippen molar-refractivity contribution in [2.45, 2.75) is 0 Å². The minimum absolute atomic E-state index is 0.0718. The summed E-state index contributed by atoms with van der Waals surface area (Å²) < 4.78 is 0. The van der Waals surface area contributed by atoms with E-state index in [1.165, 1.54) is 12.3 Å². The zero-order valence-corrected chi connectivity index (χ0v) is 10.5. The summed E-state index contributed by atoms with van der Waals surface area (Å²) in [4.78, 5) is 29.5. The van der Waals surface area contributed by atoms with Crippen molar-refractivity contribution in [3.05, 3.63) is 64.7 Å². The van der Waals surface area contributed by atoms with Crippen LogP contribution in [-0.2, 0) is 0 Å². The van der Waals surface area contributed by atoms with Crippen molar-refractivity contribution in [2.75, 3.05) is 0 Å². The number of aromatic nitrogens is 2. The minimum atomic E-state index is -0.756. The maximum absolute atomic E-state index is 11.5. The number of nitrogens with one attached hydrogen (secondary N) is 1. The first kappa shape index (κ1) is 12.1. The van der Waals surface area contributed by atoms with Crippen LogP contribution in [0, 0.1) is 0 Å². The Morgan fingerprint density at radius 3 is 2.65 bits per heavy atom. The quantitative estimate of drug-likeness (QED) is 0.739. The maximum atomic E-state index is 11.5. The van der Waals surface area contributed by atoms with Gasteiger partial charge >= 0.3 is 0 Å². The molecule has 2 aromatic heterocycles. The van der Waals surface area contributed by atoms with E-state index < -0.39 is 11.5 Å². The van der Waals surface area contributed by atoms with Gasteiger partial charge in [-0.05, 0) is 17.5 Å². The van der Waals surface area contributed by atoms with E-state index in [9.17, 15) is 9.59 Å². The van der Waals surface area contributed by atoms with Gasteiger partial charge in [0.05, 0.1) is 5.69 Å². The van der Waals surface area contributed by atoms with Crippen LogP contribution in [0.1, 0.15) is 10.4 Å². The molecule has 0 radical (unpaired) electrons. The number of hydrogen-bond donors (Lipinski definition) is 2. The molecule has 0 aliphatic heterocycles. The van der Waals surface area contributed by atoms with E-state index in [2.05, 4.69) is 9.97 Å². The highest BCUT2D eigenvalue weighted by atomic mass is 16.2. The molecule has 0 fully saturated rings. The van der Waals surface area contributed by atoms with Gasteiger partial charge in [0, 0.05) is 23.3 Å². The molecule has 0 atom stereocenters. The fourth-order valence-electron chi connectivity index (χ4n) is 2.06. The summed E-state index contributed by atoms with van der Waals surface area (Å²) in [5.74, 6) is -0.756. The Bertz CT molecular complexity index is 868. The van der Waals surface area contributed by atoms with Crippen LogP contribution in [0.3, 0.4) is 0 Å². The number of rotatable bonds is 2. The molecule has 3 rings (SSSR count). The first-order chi connectivity index (χ1) is 9.65. The molecule has 0 unspecified atom stereocenters. The summed E-state index contributed by atoms with van der Waals surface area (Å²) in [6, 6.07) is 11.2. The van der Waals surface area contributed by atoms with Crippen LogP contribution < -0.4 is 11.3 Å². The van der Waals surface area contributed by atoms with Gasteiger partial charge in [-0.1, -0.05) is 24.3 Å². The van der Waals surface area contributed by atoms with Gasteiger partial charge in [-0.15, -0.1) is 0 Å². The highest BCUT2D eigenvalue weighted by Gasteiger charge is 2.09. The third kappa shape index (κ3) is 2.05. The summed E-state index contributed by atoms with van der Waals surface area (Å²) >= 11 is 0. The highest BCUT2D eigenvalue weighted by Crippen LogP contribution is 2.21. The van der Waals surface area contributed by atoms with Crippen molar-refractivity contribution < 1.29 is 4.79 Å². The van der Waals surface area contributed by atoms with Crippen molar-refractivity contribution in [1.29, 1.82) is 0 Å². The number of fused-ring (bicyclic) bond motifs is 1. The lowest BCUT2D eigenvalue weighted by molar-refractivity contribution is 0.0999. The fourth-order valence-corrected chi connectivity index (χ4v) is 2.06. The number of carbonyl (C=O) groups excluding carboxylic acids is 1. The van der Waals surface area contributed by atoms with Gasteiger partial charge in [0.25, 0.3) is 11.5 Å². The molecule has 2 heterocycles. The number of nitrogens with zero attached hydrogens (tertiary/aromatic N) is 1. The van der Waals surface area contributed by atoms with Gasteiger partial charge in [0.1, 0.15) is 5.56 Å². The number of amides is 1. The Hall–Kier alpha value is -2.95. The average Bonchev–Trinajstić information content (AvgIpc) is 2.47. The number of aromatic amines is 1. The van der Waals surface area contributed by atoms with E-state index in [1.807, 2.05) is 30.3 Å². The predicted molar refractivity (Wildman–Crippen MR) is 76.3 cm³/mol. The minimum Gasteiger partial charge on any atom is -0.365 e. The first-order valence-corrected chi connectivity index (χ1v) is 6.03. The summed E-state index contributed by atoms with van der Waals surface area (Å²) in [6.07, 6.45) is 3.27. The molecule has 1 amide bonds. The topological polar surface area (TPSA) is 88.8 Å². The molecule has 0 aliphatic carbocycles. The number of carbonyl (C=O) groups is 1. The van der Waals surface area contributed by atoms with Crippen LogP contribution in [-0.4, -0.2) is 15.9 Å². The van der Waals surface area contributed by atoms with Gasteiger partial charge in [-0.3, -0.25) is 14.6 Å². The maximum Gasteiger partial charge on any atom is 0.260 e. The Labute approximate surface area is 114 Å². The smallest absolute Gasteiger partial charge is 0.260 e. The van der Waals surface area contributed by atoms with Gasteiger partial charge in [-0.25, -0.2) is 0 Å². The monoisotopic (exact) mass is 265 g/mol. The van der Waals surface area contributed by atoms with Crippen LogP contribution in [0.25, 0.3) is 22.0 Å². The zero-order valence-electron chi connectivity index (χ0n) is 10.5. The van der Waals surface area contributed by atoms with E-state index in [0.717, 1.165) is 10.8 Å². The van der Waals surface area contributed by atoms with Crippen molar-refractivity contribution in [1.82, 2.24) is 9.97 Å². The Balaban J connectivity index is 2.18. The number of hydrogen-bond acceptors (Lipinski definition) is 3. The van der Waals surface area contributed by atoms with Crippen LogP contribution in [0.4, 0.5) is 0 Å². The Morgan fingerprint density at radius 2 is 1.90 bits per heavy atom. The second-order valence-electron chi connectivity index (χ2n) is 4.41. The molecule has 3 N–H and O–H groups in total. The molecule has 0 saturated heterocycles. The van der Waals surface area contributed by atoms with Gasteiger partial charge in [-0.2, -0.15) is 0 Å². The first-order valence-electron chi connectivity index (χ1n) is 6.03. The standard InChI is InChI=1S/C15H11N3O2/c16-14(19)12-5-11(8-18-15(12)20)13-6-9-3-1-2-4-10(9)7-17-13/h1-8H,(H2,16,19)(H,18,20). The zero-order chi connectivity index (χ0) is 14.1. The molecular weight excluding hydrogens is 254 g/mol. The van der Waals surface area contributed by atoms with Crippen LogP contribution in [0.15, 0.2) is 53.6 Å². The van der Waals surface area contributed by atoms with Crippen LogP contribution in [0.2, 0.25) is 0 Å². The summed E-state index contributed by atoms with van der Waals surface area (Å²) in [5.41, 5.74) is 5.91. The predicted octanol–water partition coefficient (Wildman–Crippen LogP) is 1.69. The van der Waals surface area contributed by atoms with E-state index in [1.54, 1.807) is 6.20 Å². The number of nitrogens with two attached hydrogens (primary N) is 1. The third-order valence-electron chi connectivity index (χ3n) is 3.10. The number of benzene rings is 1. The van der Waals surface area contributed by atoms with Crippen LogP contribution in [0.5, 0.6) is 0 Å². The second kappa shape index (κ2) is 4.62. The lowest BCUT2D eigenvalue weighted by atomic mass is 10.1. The van der Waals surface area contributed by atoms with E-state index in [4.69, 9.17) is 5.73 Å². The van der Waals surface area contributed by atoms with E-state index in [-0.39, 0.29) is 5.56 Å². The van der Waals surface area contributed by atoms with Gasteiger partial charge < -0.3 is 10.7 Å². The lowest BCUT2D eigenvalue weighted by Gasteiger charge is -2.04. The molecule has 5 nitrogen and oxygen atoms in total. The number of pyridine rings is 2. The molecule has 98 valence electrons. The van der Waals surface area contributed by atoms with Crippen molar-refractivity contribution in [3.8, 4) is 11.3 Å². The summed E-state index contributed by atoms with van der Waals surface area (Å²) in [6.45, 7) is 0. The van der Waals surface area contributed by atoms with Crippen molar-refractivity contribution in [3.63, 3.8) is 0 Å². The fraction of sp³-hybridized carbons (Fsp3) is 0. The molecule has 20 heavy (non-hydrogen) atoms. The van der Waals surface area contributed by atoms with Gasteiger partial charge in [0.2, 0.25) is 0 Å². The third-order valence-corrected chi connectivity index (χ3v) is 3.10. The largest absolute Gasteiger partial charge is 0.365 e. The van der Waals surface area contributed by atoms with Crippen LogP contribution >= 0.6 is 0 Å². The molecule has 0 bridgehead atoms. The van der Waals surface area contributed by atoms with Crippen molar-refractivity contribution in [2.24, 2.45) is 5.73 Å². The van der Waals surface area contributed by atoms with Gasteiger partial charge in [0.15, 0.2) is 0 Å². The van der Waals surface area contributed by atoms with E-state index in [0.29, 0.717) is 11.3 Å². The molecule has 0 aliphatic rings. The molecule has 0 saturated carbocycles. The SMILES string of the molecule is NC(=O)c1cc(-c2cc3ccccc3cn2)c[nH]c1=O.